The average Bonchev–Trinajstić information content (AvgIpc) is 2.19. The Morgan fingerprint density at radius 1 is 1.00 bits per heavy atom. The van der Waals surface area contributed by atoms with Gasteiger partial charge in [-0.05, 0) is 33.7 Å². The molecule has 0 saturated heterocycles. The number of carbonyl (C=O) groups is 1. The highest BCUT2D eigenvalue weighted by molar-refractivity contribution is 5.76. The zero-order valence-corrected chi connectivity index (χ0v) is 12.1. The Labute approximate surface area is 107 Å². The van der Waals surface area contributed by atoms with Gasteiger partial charge in [0.1, 0.15) is 0 Å². The Hall–Kier alpha value is -0.570. The molecule has 0 aromatic heterocycles. The number of amides is 1. The minimum Gasteiger partial charge on any atom is -0.351 e. The van der Waals surface area contributed by atoms with E-state index in [1.54, 1.807) is 0 Å². The SMILES string of the molecule is CCCCCCCNCCC(=O)NC(C)(C)C. The van der Waals surface area contributed by atoms with Crippen LogP contribution in [0.1, 0.15) is 66.2 Å². The second-order valence-corrected chi connectivity index (χ2v) is 5.71. The standard InChI is InChI=1S/C14H30N2O/c1-5-6-7-8-9-11-15-12-10-13(17)16-14(2,3)4/h15H,5-12H2,1-4H3,(H,16,17). The van der Waals surface area contributed by atoms with E-state index >= 15 is 0 Å². The average molecular weight is 242 g/mol. The molecule has 0 rings (SSSR count). The lowest BCUT2D eigenvalue weighted by Crippen LogP contribution is -2.41. The molecule has 0 saturated carbocycles. The summed E-state index contributed by atoms with van der Waals surface area (Å²) >= 11 is 0. The quantitative estimate of drug-likeness (QED) is 0.610. The molecule has 3 heteroatoms. The van der Waals surface area contributed by atoms with Crippen LogP contribution in [-0.2, 0) is 4.79 Å². The number of hydrogen-bond acceptors (Lipinski definition) is 2. The summed E-state index contributed by atoms with van der Waals surface area (Å²) < 4.78 is 0. The molecule has 0 unspecified atom stereocenters. The van der Waals surface area contributed by atoms with Crippen LogP contribution >= 0.6 is 0 Å². The molecule has 0 aliphatic rings. The van der Waals surface area contributed by atoms with Gasteiger partial charge in [-0.3, -0.25) is 4.79 Å². The fourth-order valence-corrected chi connectivity index (χ4v) is 1.66. The second-order valence-electron chi connectivity index (χ2n) is 5.71. The Balaban J connectivity index is 3.25. The van der Waals surface area contributed by atoms with Gasteiger partial charge in [0.2, 0.25) is 5.91 Å². The Bertz CT molecular complexity index is 197. The maximum absolute atomic E-state index is 11.5. The van der Waals surface area contributed by atoms with Crippen molar-refractivity contribution in [1.82, 2.24) is 10.6 Å². The van der Waals surface area contributed by atoms with Crippen LogP contribution in [0.4, 0.5) is 0 Å². The van der Waals surface area contributed by atoms with E-state index in [0.717, 1.165) is 13.1 Å². The molecular formula is C14H30N2O. The normalized spacial score (nSPS) is 11.5. The van der Waals surface area contributed by atoms with E-state index < -0.39 is 0 Å². The first-order valence-corrected chi connectivity index (χ1v) is 6.97. The number of unbranched alkanes of at least 4 members (excludes halogenated alkanes) is 4. The van der Waals surface area contributed by atoms with Crippen LogP contribution in [0, 0.1) is 0 Å². The molecule has 102 valence electrons. The van der Waals surface area contributed by atoms with Crippen LogP contribution < -0.4 is 10.6 Å². The Kier molecular flexibility index (Phi) is 9.14. The van der Waals surface area contributed by atoms with Crippen molar-refractivity contribution in [3.63, 3.8) is 0 Å². The highest BCUT2D eigenvalue weighted by Crippen LogP contribution is 2.01. The molecule has 0 fully saturated rings. The van der Waals surface area contributed by atoms with Crippen LogP contribution in [0.5, 0.6) is 0 Å². The van der Waals surface area contributed by atoms with E-state index in [4.69, 9.17) is 0 Å². The summed E-state index contributed by atoms with van der Waals surface area (Å²) in [6, 6.07) is 0. The van der Waals surface area contributed by atoms with Crippen LogP contribution in [0.2, 0.25) is 0 Å². The first kappa shape index (κ1) is 16.4. The van der Waals surface area contributed by atoms with E-state index in [1.165, 1.54) is 32.1 Å². The summed E-state index contributed by atoms with van der Waals surface area (Å²) in [6.07, 6.45) is 7.07. The lowest BCUT2D eigenvalue weighted by Gasteiger charge is -2.20. The van der Waals surface area contributed by atoms with Gasteiger partial charge in [0.25, 0.3) is 0 Å². The molecule has 1 amide bonds. The van der Waals surface area contributed by atoms with E-state index in [9.17, 15) is 4.79 Å². The summed E-state index contributed by atoms with van der Waals surface area (Å²) in [5.74, 6) is 0.135. The van der Waals surface area contributed by atoms with Gasteiger partial charge in [-0.1, -0.05) is 32.6 Å². The molecule has 0 radical (unpaired) electrons. The van der Waals surface area contributed by atoms with Crippen molar-refractivity contribution in [1.29, 1.82) is 0 Å². The Morgan fingerprint density at radius 3 is 2.24 bits per heavy atom. The van der Waals surface area contributed by atoms with E-state index in [1.807, 2.05) is 20.8 Å². The monoisotopic (exact) mass is 242 g/mol. The van der Waals surface area contributed by atoms with Gasteiger partial charge in [0, 0.05) is 18.5 Å². The molecule has 17 heavy (non-hydrogen) atoms. The summed E-state index contributed by atoms with van der Waals surface area (Å²) in [4.78, 5) is 11.5. The van der Waals surface area contributed by atoms with Gasteiger partial charge in [0.15, 0.2) is 0 Å². The first-order chi connectivity index (χ1) is 7.95. The highest BCUT2D eigenvalue weighted by atomic mass is 16.1. The fraction of sp³-hybridized carbons (Fsp3) is 0.929. The third-order valence-corrected chi connectivity index (χ3v) is 2.50. The van der Waals surface area contributed by atoms with Crippen LogP contribution in [-0.4, -0.2) is 24.5 Å². The van der Waals surface area contributed by atoms with E-state index in [-0.39, 0.29) is 11.4 Å². The summed E-state index contributed by atoms with van der Waals surface area (Å²) in [5.41, 5.74) is -0.114. The minimum atomic E-state index is -0.114. The van der Waals surface area contributed by atoms with Crippen molar-refractivity contribution in [2.24, 2.45) is 0 Å². The molecule has 0 atom stereocenters. The summed E-state index contributed by atoms with van der Waals surface area (Å²) in [7, 11) is 0. The maximum Gasteiger partial charge on any atom is 0.221 e. The maximum atomic E-state index is 11.5. The van der Waals surface area contributed by atoms with Crippen molar-refractivity contribution < 1.29 is 4.79 Å². The van der Waals surface area contributed by atoms with Gasteiger partial charge < -0.3 is 10.6 Å². The molecule has 0 bridgehead atoms. The molecule has 0 aliphatic carbocycles. The van der Waals surface area contributed by atoms with E-state index in [2.05, 4.69) is 17.6 Å². The van der Waals surface area contributed by atoms with Crippen LogP contribution in [0.25, 0.3) is 0 Å². The van der Waals surface area contributed by atoms with Gasteiger partial charge in [-0.25, -0.2) is 0 Å². The Morgan fingerprint density at radius 2 is 1.65 bits per heavy atom. The van der Waals surface area contributed by atoms with Gasteiger partial charge in [-0.15, -0.1) is 0 Å². The molecule has 0 aromatic carbocycles. The third kappa shape index (κ3) is 13.4. The number of nitrogens with one attached hydrogen (secondary N) is 2. The number of hydrogen-bond donors (Lipinski definition) is 2. The lowest BCUT2D eigenvalue weighted by molar-refractivity contribution is -0.122. The highest BCUT2D eigenvalue weighted by Gasteiger charge is 2.12. The smallest absolute Gasteiger partial charge is 0.221 e. The summed E-state index contributed by atoms with van der Waals surface area (Å²) in [6.45, 7) is 10.1. The minimum absolute atomic E-state index is 0.114. The molecule has 0 aromatic rings. The first-order valence-electron chi connectivity index (χ1n) is 6.97. The predicted octanol–water partition coefficient (Wildman–Crippen LogP) is 2.85. The van der Waals surface area contributed by atoms with E-state index in [0.29, 0.717) is 6.42 Å². The zero-order chi connectivity index (χ0) is 13.1. The largest absolute Gasteiger partial charge is 0.351 e. The molecule has 0 aliphatic heterocycles. The molecule has 2 N–H and O–H groups in total. The van der Waals surface area contributed by atoms with Gasteiger partial charge in [0.05, 0.1) is 0 Å². The molecule has 0 heterocycles. The third-order valence-electron chi connectivity index (χ3n) is 2.50. The summed E-state index contributed by atoms with van der Waals surface area (Å²) in [5, 5.41) is 6.28. The topological polar surface area (TPSA) is 41.1 Å². The lowest BCUT2D eigenvalue weighted by atomic mass is 10.1. The predicted molar refractivity (Wildman–Crippen MR) is 74.1 cm³/mol. The van der Waals surface area contributed by atoms with Crippen molar-refractivity contribution in [3.8, 4) is 0 Å². The molecule has 3 nitrogen and oxygen atoms in total. The van der Waals surface area contributed by atoms with Crippen LogP contribution in [0.3, 0.4) is 0 Å². The van der Waals surface area contributed by atoms with Crippen molar-refractivity contribution in [3.05, 3.63) is 0 Å². The molecule has 0 spiro atoms. The van der Waals surface area contributed by atoms with Crippen molar-refractivity contribution >= 4 is 5.91 Å². The second kappa shape index (κ2) is 9.46. The van der Waals surface area contributed by atoms with Crippen molar-refractivity contribution in [2.45, 2.75) is 71.8 Å². The van der Waals surface area contributed by atoms with Crippen molar-refractivity contribution in [2.75, 3.05) is 13.1 Å². The molecular weight excluding hydrogens is 212 g/mol. The van der Waals surface area contributed by atoms with Crippen LogP contribution in [0.15, 0.2) is 0 Å². The number of rotatable bonds is 9. The zero-order valence-electron chi connectivity index (χ0n) is 12.1. The number of carbonyl (C=O) groups excluding carboxylic acids is 1. The van der Waals surface area contributed by atoms with Gasteiger partial charge >= 0.3 is 0 Å². The fourth-order valence-electron chi connectivity index (χ4n) is 1.66. The van der Waals surface area contributed by atoms with Gasteiger partial charge in [-0.2, -0.15) is 0 Å².